The Labute approximate surface area is 230 Å². The fourth-order valence-electron chi connectivity index (χ4n) is 5.90. The zero-order valence-electron chi connectivity index (χ0n) is 23.2. The molecule has 4 aromatic heterocycles. The summed E-state index contributed by atoms with van der Waals surface area (Å²) in [5.74, 6) is 1.06. The monoisotopic (exact) mass is 552 g/mol. The third-order valence-electron chi connectivity index (χ3n) is 7.88. The molecule has 1 N–H and O–H groups in total. The van der Waals surface area contributed by atoms with Gasteiger partial charge in [0.05, 0.1) is 24.0 Å². The highest BCUT2D eigenvalue weighted by atomic mass is 19.3. The number of nitrogens with zero attached hydrogens (tertiary/aromatic N) is 7. The third kappa shape index (κ3) is 5.06. The average molecular weight is 553 g/mol. The van der Waals surface area contributed by atoms with Crippen LogP contribution in [-0.2, 0) is 11.3 Å². The molecule has 1 spiro atoms. The number of rotatable bonds is 5. The molecule has 40 heavy (non-hydrogen) atoms. The third-order valence-corrected chi connectivity index (χ3v) is 7.88. The van der Waals surface area contributed by atoms with Crippen molar-refractivity contribution >= 4 is 28.7 Å². The molecule has 0 radical (unpaired) electrons. The van der Waals surface area contributed by atoms with E-state index in [-0.39, 0.29) is 17.6 Å². The van der Waals surface area contributed by atoms with Crippen molar-refractivity contribution < 1.29 is 18.3 Å². The number of ether oxygens (including phenoxy) is 1. The van der Waals surface area contributed by atoms with E-state index in [1.165, 1.54) is 4.57 Å². The number of fused-ring (bicyclic) bond motifs is 2. The number of halogens is 2. The maximum absolute atomic E-state index is 13.1. The van der Waals surface area contributed by atoms with Crippen LogP contribution >= 0.6 is 0 Å². The summed E-state index contributed by atoms with van der Waals surface area (Å²) < 4.78 is 35.0. The molecule has 0 atom stereocenters. The van der Waals surface area contributed by atoms with Crippen LogP contribution in [0.4, 0.5) is 19.5 Å². The summed E-state index contributed by atoms with van der Waals surface area (Å²) >= 11 is 0. The van der Waals surface area contributed by atoms with E-state index in [9.17, 15) is 13.6 Å². The van der Waals surface area contributed by atoms with E-state index < -0.39 is 18.6 Å². The molecule has 1 saturated heterocycles. The van der Waals surface area contributed by atoms with E-state index >= 15 is 0 Å². The highest BCUT2D eigenvalue weighted by molar-refractivity contribution is 5.82. The van der Waals surface area contributed by atoms with Crippen LogP contribution < -0.4 is 5.32 Å². The number of carbonyl (C=O) groups excluding carboxylic acids is 1. The molecule has 12 heteroatoms. The number of aromatic nitrogens is 6. The van der Waals surface area contributed by atoms with Gasteiger partial charge in [0.15, 0.2) is 5.65 Å². The van der Waals surface area contributed by atoms with Gasteiger partial charge in [0.25, 0.3) is 6.43 Å². The lowest BCUT2D eigenvalue weighted by molar-refractivity contribution is -0.0496. The Balaban J connectivity index is 1.11. The van der Waals surface area contributed by atoms with Crippen molar-refractivity contribution in [2.75, 3.05) is 18.4 Å². The lowest BCUT2D eigenvalue weighted by Gasteiger charge is -2.53. The maximum atomic E-state index is 13.1. The van der Waals surface area contributed by atoms with Crippen molar-refractivity contribution in [2.45, 2.75) is 78.0 Å². The Morgan fingerprint density at radius 3 is 2.62 bits per heavy atom. The summed E-state index contributed by atoms with van der Waals surface area (Å²) in [6, 6.07) is 5.80. The number of likely N-dealkylation sites (tertiary alicyclic amines) is 1. The van der Waals surface area contributed by atoms with Crippen LogP contribution in [0.3, 0.4) is 0 Å². The molecule has 5 heterocycles. The smallest absolute Gasteiger partial charge is 0.410 e. The first-order valence-corrected chi connectivity index (χ1v) is 13.7. The van der Waals surface area contributed by atoms with E-state index in [1.807, 2.05) is 39.1 Å². The van der Waals surface area contributed by atoms with Gasteiger partial charge in [-0.25, -0.2) is 33.0 Å². The molecule has 1 aliphatic heterocycles. The minimum atomic E-state index is -2.49. The van der Waals surface area contributed by atoms with Crippen LogP contribution in [0.5, 0.6) is 0 Å². The number of alkyl halides is 2. The lowest BCUT2D eigenvalue weighted by Crippen LogP contribution is -2.60. The Morgan fingerprint density at radius 1 is 1.18 bits per heavy atom. The molecule has 0 bridgehead atoms. The molecular formula is C28H34F2N8O2. The van der Waals surface area contributed by atoms with Gasteiger partial charge in [-0.2, -0.15) is 0 Å². The van der Waals surface area contributed by atoms with Crippen LogP contribution in [0.2, 0.25) is 0 Å². The van der Waals surface area contributed by atoms with E-state index in [2.05, 4.69) is 25.4 Å². The zero-order valence-corrected chi connectivity index (χ0v) is 23.2. The molecule has 212 valence electrons. The average Bonchev–Trinajstić information content (AvgIpc) is 3.42. The molecule has 1 amide bonds. The minimum Gasteiger partial charge on any atom is -0.444 e. The predicted molar refractivity (Wildman–Crippen MR) is 146 cm³/mol. The molecule has 4 aromatic rings. The SMILES string of the molecule is Cc1nc2ccc(-c3ccn4nc(NC5CCC6(CC5)CN(C(=O)OC(C)(C)C)C6)ncc34)nc2n1CC(F)F. The van der Waals surface area contributed by atoms with Gasteiger partial charge in [-0.05, 0) is 71.6 Å². The van der Waals surface area contributed by atoms with Crippen molar-refractivity contribution in [1.82, 2.24) is 34.0 Å². The molecule has 1 saturated carbocycles. The molecule has 0 aromatic carbocycles. The van der Waals surface area contributed by atoms with Crippen molar-refractivity contribution in [1.29, 1.82) is 0 Å². The zero-order chi connectivity index (χ0) is 28.2. The summed E-state index contributed by atoms with van der Waals surface area (Å²) in [6.45, 7) is 8.43. The molecular weight excluding hydrogens is 518 g/mol. The normalized spacial score (nSPS) is 17.6. The summed E-state index contributed by atoms with van der Waals surface area (Å²) in [5, 5.41) is 8.14. The first-order valence-electron chi connectivity index (χ1n) is 13.7. The second-order valence-corrected chi connectivity index (χ2v) is 12.1. The first kappa shape index (κ1) is 26.4. The van der Waals surface area contributed by atoms with Gasteiger partial charge in [-0.3, -0.25) is 0 Å². The number of hydrogen-bond donors (Lipinski definition) is 1. The summed E-state index contributed by atoms with van der Waals surface area (Å²) in [6.07, 6.45) is 4.92. The van der Waals surface area contributed by atoms with Gasteiger partial charge in [0.2, 0.25) is 5.95 Å². The standard InChI is InChI=1S/C28H34F2N8O2/c1-17-32-21-6-5-20(34-24(21)37(17)14-23(29)30)19-9-12-38-22(19)13-31-25(35-38)33-18-7-10-28(11-8-18)15-36(16-28)26(39)40-27(2,3)4/h5-6,9,12-13,18,23H,7-8,10-11,14-16H2,1-4H3,(H,33,35). The molecule has 0 unspecified atom stereocenters. The molecule has 10 nitrogen and oxygen atoms in total. The Bertz CT molecular complexity index is 1560. The summed E-state index contributed by atoms with van der Waals surface area (Å²) in [5.41, 5.74) is 2.96. The number of pyridine rings is 1. The Kier molecular flexibility index (Phi) is 6.38. The van der Waals surface area contributed by atoms with Crippen LogP contribution in [0.25, 0.3) is 27.9 Å². The first-order chi connectivity index (χ1) is 19.0. The maximum Gasteiger partial charge on any atom is 0.410 e. The number of aryl methyl sites for hydroxylation is 1. The fourth-order valence-corrected chi connectivity index (χ4v) is 5.90. The van der Waals surface area contributed by atoms with Crippen molar-refractivity contribution in [3.05, 3.63) is 36.4 Å². The van der Waals surface area contributed by atoms with E-state index in [4.69, 9.17) is 4.74 Å². The van der Waals surface area contributed by atoms with E-state index in [0.717, 1.165) is 49.9 Å². The van der Waals surface area contributed by atoms with Crippen molar-refractivity contribution in [2.24, 2.45) is 5.41 Å². The number of carbonyl (C=O) groups is 1. The Hall–Kier alpha value is -3.83. The van der Waals surface area contributed by atoms with Gasteiger partial charge >= 0.3 is 6.09 Å². The molecule has 2 fully saturated rings. The summed E-state index contributed by atoms with van der Waals surface area (Å²) in [4.78, 5) is 27.7. The molecule has 6 rings (SSSR count). The molecule has 1 aliphatic carbocycles. The predicted octanol–water partition coefficient (Wildman–Crippen LogP) is 5.31. The van der Waals surface area contributed by atoms with E-state index in [1.54, 1.807) is 28.6 Å². The number of amides is 1. The summed E-state index contributed by atoms with van der Waals surface area (Å²) in [7, 11) is 0. The van der Waals surface area contributed by atoms with Crippen molar-refractivity contribution in [3.63, 3.8) is 0 Å². The largest absolute Gasteiger partial charge is 0.444 e. The number of nitrogens with one attached hydrogen (secondary N) is 1. The second kappa shape index (κ2) is 9.67. The number of imidazole rings is 1. The van der Waals surface area contributed by atoms with Crippen molar-refractivity contribution in [3.8, 4) is 11.3 Å². The topological polar surface area (TPSA) is 102 Å². The van der Waals surface area contributed by atoms with Gasteiger partial charge in [-0.1, -0.05) is 0 Å². The van der Waals surface area contributed by atoms with Gasteiger partial charge in [0, 0.05) is 36.3 Å². The van der Waals surface area contributed by atoms with Gasteiger partial charge < -0.3 is 19.5 Å². The Morgan fingerprint density at radius 2 is 1.93 bits per heavy atom. The lowest BCUT2D eigenvalue weighted by atomic mass is 9.67. The van der Waals surface area contributed by atoms with Crippen LogP contribution in [0.15, 0.2) is 30.6 Å². The quantitative estimate of drug-likeness (QED) is 0.358. The number of anilines is 1. The van der Waals surface area contributed by atoms with E-state index in [0.29, 0.717) is 28.6 Å². The fraction of sp³-hybridized carbons (Fsp3) is 0.536. The molecule has 2 aliphatic rings. The van der Waals surface area contributed by atoms with Gasteiger partial charge in [0.1, 0.15) is 16.9 Å². The number of hydrogen-bond acceptors (Lipinski definition) is 7. The second-order valence-electron chi connectivity index (χ2n) is 12.1. The van der Waals surface area contributed by atoms with Gasteiger partial charge in [-0.15, -0.1) is 5.10 Å². The van der Waals surface area contributed by atoms with Crippen LogP contribution in [0.1, 0.15) is 52.3 Å². The van der Waals surface area contributed by atoms with Crippen LogP contribution in [0, 0.1) is 12.3 Å². The highest BCUT2D eigenvalue weighted by Crippen LogP contribution is 2.44. The van der Waals surface area contributed by atoms with Crippen LogP contribution in [-0.4, -0.2) is 71.3 Å². The highest BCUT2D eigenvalue weighted by Gasteiger charge is 2.48. The minimum absolute atomic E-state index is 0.187.